The fraction of sp³-hybridized carbons (Fsp3) is 0.0455. The van der Waals surface area contributed by atoms with Crippen LogP contribution in [0, 0.1) is 0 Å². The van der Waals surface area contributed by atoms with Crippen LogP contribution in [-0.2, 0) is 0 Å². The predicted octanol–water partition coefficient (Wildman–Crippen LogP) is 5.11. The third kappa shape index (κ3) is 3.97. The van der Waals surface area contributed by atoms with Crippen LogP contribution in [0.2, 0.25) is 5.02 Å². The number of anilines is 1. The van der Waals surface area contributed by atoms with Gasteiger partial charge in [0.05, 0.1) is 23.9 Å². The van der Waals surface area contributed by atoms with Gasteiger partial charge in [0.25, 0.3) is 0 Å². The van der Waals surface area contributed by atoms with Crippen molar-refractivity contribution >= 4 is 34.5 Å². The number of rotatable bonds is 5. The summed E-state index contributed by atoms with van der Waals surface area (Å²) in [4.78, 5) is 9.26. The lowest BCUT2D eigenvalue weighted by atomic mass is 10.2. The lowest BCUT2D eigenvalue weighted by Crippen LogP contribution is -1.99. The third-order valence-corrected chi connectivity index (χ3v) is 4.64. The molecule has 7 heteroatoms. The zero-order valence-corrected chi connectivity index (χ0v) is 16.3. The zero-order chi connectivity index (χ0) is 20.2. The molecule has 0 atom stereocenters. The number of nitrogens with one attached hydrogen (secondary N) is 1. The monoisotopic (exact) mass is 404 g/mol. The molecule has 0 unspecified atom stereocenters. The van der Waals surface area contributed by atoms with E-state index in [0.717, 1.165) is 22.0 Å². The molecule has 0 aliphatic heterocycles. The second kappa shape index (κ2) is 8.16. The number of fused-ring (bicyclic) bond motifs is 1. The van der Waals surface area contributed by atoms with Gasteiger partial charge in [-0.05, 0) is 48.0 Å². The molecule has 0 aliphatic carbocycles. The summed E-state index contributed by atoms with van der Waals surface area (Å²) in [7, 11) is 1.50. The normalized spacial score (nSPS) is 11.1. The van der Waals surface area contributed by atoms with Gasteiger partial charge in [0, 0.05) is 10.9 Å². The molecule has 1 heterocycles. The summed E-state index contributed by atoms with van der Waals surface area (Å²) < 4.78 is 5.12. The Bertz CT molecular complexity index is 1210. The summed E-state index contributed by atoms with van der Waals surface area (Å²) >= 11 is 6.33. The average molecular weight is 405 g/mol. The summed E-state index contributed by atoms with van der Waals surface area (Å²) in [6.45, 7) is 0. The van der Waals surface area contributed by atoms with E-state index in [4.69, 9.17) is 16.3 Å². The van der Waals surface area contributed by atoms with Crippen molar-refractivity contribution in [1.29, 1.82) is 0 Å². The second-order valence-corrected chi connectivity index (χ2v) is 6.60. The van der Waals surface area contributed by atoms with Gasteiger partial charge in [-0.1, -0.05) is 35.9 Å². The number of hydrogen-bond acceptors (Lipinski definition) is 6. The van der Waals surface area contributed by atoms with Gasteiger partial charge in [0.2, 0.25) is 0 Å². The van der Waals surface area contributed by atoms with Gasteiger partial charge in [-0.2, -0.15) is 5.10 Å². The molecule has 6 nitrogen and oxygen atoms in total. The molecule has 0 spiro atoms. The molecular weight excluding hydrogens is 388 g/mol. The van der Waals surface area contributed by atoms with E-state index in [1.54, 1.807) is 30.5 Å². The Morgan fingerprint density at radius 3 is 2.66 bits per heavy atom. The molecule has 0 amide bonds. The number of hydrazone groups is 1. The lowest BCUT2D eigenvalue weighted by Gasteiger charge is -2.09. The Kier molecular flexibility index (Phi) is 5.27. The molecule has 2 N–H and O–H groups in total. The van der Waals surface area contributed by atoms with Gasteiger partial charge in [-0.3, -0.25) is 5.43 Å². The SMILES string of the molecule is COc1cc(C=NNc2nc(-c3ccccc3Cl)nc3ccccc23)ccc1O. The maximum absolute atomic E-state index is 9.71. The zero-order valence-electron chi connectivity index (χ0n) is 15.5. The molecule has 1 aromatic heterocycles. The first kappa shape index (κ1) is 18.7. The summed E-state index contributed by atoms with van der Waals surface area (Å²) in [6, 6.07) is 20.1. The topological polar surface area (TPSA) is 79.6 Å². The number of benzene rings is 3. The standard InChI is InChI=1S/C22H17ClN4O2/c1-29-20-12-14(10-11-19(20)28)13-24-27-22-16-7-3-5-9-18(16)25-21(26-22)15-6-2-4-8-17(15)23/h2-13,28H,1H3,(H,25,26,27). The summed E-state index contributed by atoms with van der Waals surface area (Å²) in [5.74, 6) is 1.53. The van der Waals surface area contributed by atoms with Gasteiger partial charge in [-0.15, -0.1) is 0 Å². The average Bonchev–Trinajstić information content (AvgIpc) is 2.75. The van der Waals surface area contributed by atoms with Crippen LogP contribution in [0.15, 0.2) is 71.8 Å². The van der Waals surface area contributed by atoms with Crippen molar-refractivity contribution in [2.75, 3.05) is 12.5 Å². The molecule has 4 aromatic rings. The van der Waals surface area contributed by atoms with Crippen LogP contribution in [0.25, 0.3) is 22.3 Å². The fourth-order valence-corrected chi connectivity index (χ4v) is 3.09. The number of para-hydroxylation sites is 1. The minimum Gasteiger partial charge on any atom is -0.504 e. The molecule has 3 aromatic carbocycles. The molecule has 0 saturated heterocycles. The highest BCUT2D eigenvalue weighted by Gasteiger charge is 2.11. The van der Waals surface area contributed by atoms with Crippen LogP contribution in [0.5, 0.6) is 11.5 Å². The van der Waals surface area contributed by atoms with E-state index in [1.165, 1.54) is 7.11 Å². The first-order valence-corrected chi connectivity index (χ1v) is 9.21. The number of aromatic hydroxyl groups is 1. The maximum Gasteiger partial charge on any atom is 0.163 e. The van der Waals surface area contributed by atoms with Crippen LogP contribution in [-0.4, -0.2) is 28.4 Å². The maximum atomic E-state index is 9.71. The molecule has 4 rings (SSSR count). The van der Waals surface area contributed by atoms with E-state index in [1.807, 2.05) is 42.5 Å². The molecule has 0 saturated carbocycles. The minimum atomic E-state index is 0.0729. The van der Waals surface area contributed by atoms with E-state index in [2.05, 4.69) is 20.5 Å². The van der Waals surface area contributed by atoms with Crippen molar-refractivity contribution in [3.8, 4) is 22.9 Å². The van der Waals surface area contributed by atoms with Crippen molar-refractivity contribution in [3.05, 3.63) is 77.3 Å². The number of hydrogen-bond donors (Lipinski definition) is 2. The van der Waals surface area contributed by atoms with Gasteiger partial charge < -0.3 is 9.84 Å². The number of halogens is 1. The van der Waals surface area contributed by atoms with Crippen LogP contribution < -0.4 is 10.2 Å². The fourth-order valence-electron chi connectivity index (χ4n) is 2.87. The number of phenols is 1. The Balaban J connectivity index is 1.70. The first-order chi connectivity index (χ1) is 14.2. The summed E-state index contributed by atoms with van der Waals surface area (Å²) in [5, 5.41) is 15.4. The van der Waals surface area contributed by atoms with Crippen molar-refractivity contribution in [3.63, 3.8) is 0 Å². The Morgan fingerprint density at radius 1 is 1.03 bits per heavy atom. The van der Waals surface area contributed by atoms with Crippen molar-refractivity contribution in [2.45, 2.75) is 0 Å². The number of aromatic nitrogens is 2. The van der Waals surface area contributed by atoms with Crippen LogP contribution in [0.1, 0.15) is 5.56 Å². The summed E-state index contributed by atoms with van der Waals surface area (Å²) in [6.07, 6.45) is 1.62. The first-order valence-electron chi connectivity index (χ1n) is 8.83. The molecule has 0 fully saturated rings. The van der Waals surface area contributed by atoms with Crippen molar-refractivity contribution in [2.24, 2.45) is 5.10 Å². The van der Waals surface area contributed by atoms with Gasteiger partial charge in [-0.25, -0.2) is 9.97 Å². The van der Waals surface area contributed by atoms with E-state index in [9.17, 15) is 5.11 Å². The molecule has 144 valence electrons. The van der Waals surface area contributed by atoms with Crippen molar-refractivity contribution < 1.29 is 9.84 Å². The minimum absolute atomic E-state index is 0.0729. The highest BCUT2D eigenvalue weighted by molar-refractivity contribution is 6.33. The quantitative estimate of drug-likeness (QED) is 0.357. The van der Waals surface area contributed by atoms with Crippen LogP contribution >= 0.6 is 11.6 Å². The number of phenolic OH excluding ortho intramolecular Hbond substituents is 1. The van der Waals surface area contributed by atoms with Gasteiger partial charge in [0.1, 0.15) is 0 Å². The molecule has 0 aliphatic rings. The third-order valence-electron chi connectivity index (χ3n) is 4.31. The van der Waals surface area contributed by atoms with Gasteiger partial charge >= 0.3 is 0 Å². The smallest absolute Gasteiger partial charge is 0.163 e. The van der Waals surface area contributed by atoms with Crippen molar-refractivity contribution in [1.82, 2.24) is 9.97 Å². The van der Waals surface area contributed by atoms with E-state index < -0.39 is 0 Å². The van der Waals surface area contributed by atoms with Crippen LogP contribution in [0.3, 0.4) is 0 Å². The largest absolute Gasteiger partial charge is 0.504 e. The highest BCUT2D eigenvalue weighted by Crippen LogP contribution is 2.29. The number of ether oxygens (including phenoxy) is 1. The highest BCUT2D eigenvalue weighted by atomic mass is 35.5. The van der Waals surface area contributed by atoms with E-state index in [-0.39, 0.29) is 5.75 Å². The number of nitrogens with zero attached hydrogens (tertiary/aromatic N) is 3. The molecule has 0 radical (unpaired) electrons. The Morgan fingerprint density at radius 2 is 1.83 bits per heavy atom. The molecule has 0 bridgehead atoms. The Labute approximate surface area is 172 Å². The Hall–Kier alpha value is -3.64. The number of methoxy groups -OCH3 is 1. The van der Waals surface area contributed by atoms with E-state index >= 15 is 0 Å². The molecule has 29 heavy (non-hydrogen) atoms. The predicted molar refractivity (Wildman–Crippen MR) is 116 cm³/mol. The summed E-state index contributed by atoms with van der Waals surface area (Å²) in [5.41, 5.74) is 5.28. The van der Waals surface area contributed by atoms with Crippen LogP contribution in [0.4, 0.5) is 5.82 Å². The lowest BCUT2D eigenvalue weighted by molar-refractivity contribution is 0.373. The second-order valence-electron chi connectivity index (χ2n) is 6.19. The van der Waals surface area contributed by atoms with E-state index in [0.29, 0.717) is 22.4 Å². The molecular formula is C22H17ClN4O2. The van der Waals surface area contributed by atoms with Gasteiger partial charge in [0.15, 0.2) is 23.1 Å².